The lowest BCUT2D eigenvalue weighted by molar-refractivity contribution is -0.137. The molecule has 0 unspecified atom stereocenters. The predicted octanol–water partition coefficient (Wildman–Crippen LogP) is 5.18. The van der Waals surface area contributed by atoms with Crippen LogP contribution in [-0.4, -0.2) is 46.4 Å². The molecule has 0 saturated carbocycles. The summed E-state index contributed by atoms with van der Waals surface area (Å²) in [6, 6.07) is 10.7. The van der Waals surface area contributed by atoms with E-state index in [1.54, 1.807) is 12.1 Å². The molecular formula is C33H41Cl2N5O5. The molecule has 5 atom stereocenters. The van der Waals surface area contributed by atoms with Crippen molar-refractivity contribution in [1.82, 2.24) is 20.9 Å². The normalized spacial score (nSPS) is 18.6. The molecule has 6 N–H and O–H groups in total. The van der Waals surface area contributed by atoms with Crippen LogP contribution < -0.4 is 21.7 Å². The van der Waals surface area contributed by atoms with E-state index >= 15 is 0 Å². The highest BCUT2D eigenvalue weighted by Gasteiger charge is 2.46. The lowest BCUT2D eigenvalue weighted by Crippen LogP contribution is -2.67. The van der Waals surface area contributed by atoms with Crippen molar-refractivity contribution in [2.75, 3.05) is 0 Å². The summed E-state index contributed by atoms with van der Waals surface area (Å²) in [5.41, 5.74) is 7.37. The molecule has 1 aromatic heterocycles. The Morgan fingerprint density at radius 3 is 2.31 bits per heavy atom. The fourth-order valence-electron chi connectivity index (χ4n) is 5.74. The monoisotopic (exact) mass is 657 g/mol. The van der Waals surface area contributed by atoms with Crippen LogP contribution in [0.1, 0.15) is 63.8 Å². The lowest BCUT2D eigenvalue weighted by atomic mass is 9.78. The number of carbonyl (C=O) groups excluding carboxylic acids is 4. The van der Waals surface area contributed by atoms with Gasteiger partial charge in [0.05, 0.1) is 10.5 Å². The molecule has 4 amide bonds. The second-order valence-corrected chi connectivity index (χ2v) is 12.8. The Hall–Kier alpha value is -3.76. The van der Waals surface area contributed by atoms with Crippen molar-refractivity contribution in [2.24, 2.45) is 17.6 Å². The van der Waals surface area contributed by atoms with E-state index in [1.807, 2.05) is 58.0 Å². The van der Waals surface area contributed by atoms with E-state index in [0.717, 1.165) is 22.2 Å². The third-order valence-corrected chi connectivity index (χ3v) is 9.40. The third kappa shape index (κ3) is 7.73. The van der Waals surface area contributed by atoms with Crippen LogP contribution in [-0.2, 0) is 38.6 Å². The first-order valence-corrected chi connectivity index (χ1v) is 16.0. The average molecular weight is 659 g/mol. The minimum atomic E-state index is -1.48. The van der Waals surface area contributed by atoms with Gasteiger partial charge >= 0.3 is 6.09 Å². The van der Waals surface area contributed by atoms with Crippen molar-refractivity contribution in [3.05, 3.63) is 69.3 Å². The maximum Gasteiger partial charge on any atom is 0.408 e. The van der Waals surface area contributed by atoms with Gasteiger partial charge in [0, 0.05) is 22.5 Å². The molecular weight excluding hydrogens is 617 g/mol. The summed E-state index contributed by atoms with van der Waals surface area (Å²) in [4.78, 5) is 56.9. The molecule has 0 aliphatic heterocycles. The number of benzene rings is 2. The Balaban J connectivity index is 1.66. The summed E-state index contributed by atoms with van der Waals surface area (Å²) in [6.07, 6.45) is 1.12. The van der Waals surface area contributed by atoms with Gasteiger partial charge in [0.1, 0.15) is 24.2 Å². The highest BCUT2D eigenvalue weighted by Crippen LogP contribution is 2.38. The number of fused-ring (bicyclic) bond motifs is 3. The Labute approximate surface area is 273 Å². The van der Waals surface area contributed by atoms with Crippen molar-refractivity contribution in [3.8, 4) is 0 Å². The largest absolute Gasteiger partial charge is 0.445 e. The predicted molar refractivity (Wildman–Crippen MR) is 175 cm³/mol. The lowest BCUT2D eigenvalue weighted by Gasteiger charge is -2.39. The van der Waals surface area contributed by atoms with E-state index in [2.05, 4.69) is 20.9 Å². The number of halogens is 2. The van der Waals surface area contributed by atoms with Crippen LogP contribution in [0.15, 0.2) is 42.5 Å². The number of aromatic nitrogens is 1. The molecule has 242 valence electrons. The molecule has 0 saturated heterocycles. The van der Waals surface area contributed by atoms with Gasteiger partial charge in [0.25, 0.3) is 0 Å². The van der Waals surface area contributed by atoms with Gasteiger partial charge in [-0.3, -0.25) is 14.4 Å². The second-order valence-electron chi connectivity index (χ2n) is 11.9. The Morgan fingerprint density at radius 1 is 1.00 bits per heavy atom. The molecule has 2 aromatic carbocycles. The summed E-state index contributed by atoms with van der Waals surface area (Å²) >= 11 is 12.8. The summed E-state index contributed by atoms with van der Waals surface area (Å²) in [6.45, 7) is 7.50. The first kappa shape index (κ1) is 34.1. The van der Waals surface area contributed by atoms with E-state index in [4.69, 9.17) is 33.7 Å². The number of H-pyrrole nitrogens is 1. The Kier molecular flexibility index (Phi) is 11.0. The molecule has 1 aliphatic carbocycles. The van der Waals surface area contributed by atoms with Crippen molar-refractivity contribution in [3.63, 3.8) is 0 Å². The van der Waals surface area contributed by atoms with E-state index in [0.29, 0.717) is 34.8 Å². The maximum absolute atomic E-state index is 14.2. The van der Waals surface area contributed by atoms with Crippen LogP contribution in [0.3, 0.4) is 0 Å². The van der Waals surface area contributed by atoms with Crippen LogP contribution in [0.5, 0.6) is 0 Å². The molecule has 1 heterocycles. The zero-order chi connectivity index (χ0) is 32.9. The number of alkyl carbamates (subject to hydrolysis) is 1. The van der Waals surface area contributed by atoms with Gasteiger partial charge in [-0.2, -0.15) is 0 Å². The summed E-state index contributed by atoms with van der Waals surface area (Å²) in [5.74, 6) is -2.28. The summed E-state index contributed by atoms with van der Waals surface area (Å²) < 4.78 is 5.40. The minimum Gasteiger partial charge on any atom is -0.445 e. The topological polar surface area (TPSA) is 155 Å². The summed E-state index contributed by atoms with van der Waals surface area (Å²) in [7, 11) is 0. The molecule has 3 aromatic rings. The minimum absolute atomic E-state index is 0.0342. The van der Waals surface area contributed by atoms with Crippen molar-refractivity contribution < 1.29 is 23.9 Å². The number of rotatable bonds is 12. The molecule has 1 aliphatic rings. The van der Waals surface area contributed by atoms with Crippen molar-refractivity contribution in [1.29, 1.82) is 0 Å². The van der Waals surface area contributed by atoms with Crippen molar-refractivity contribution in [2.45, 2.75) is 84.0 Å². The number of nitrogens with two attached hydrogens (primary N) is 1. The maximum atomic E-state index is 14.2. The van der Waals surface area contributed by atoms with Gasteiger partial charge in [0.2, 0.25) is 17.7 Å². The average Bonchev–Trinajstić information content (AvgIpc) is 3.38. The number of carbonyl (C=O) groups is 4. The number of amides is 4. The number of aromatic amines is 1. The summed E-state index contributed by atoms with van der Waals surface area (Å²) in [5, 5.41) is 10.1. The van der Waals surface area contributed by atoms with Gasteiger partial charge in [-0.15, -0.1) is 0 Å². The first-order chi connectivity index (χ1) is 21.4. The zero-order valence-electron chi connectivity index (χ0n) is 26.0. The number of nitrogens with one attached hydrogen (secondary N) is 4. The number of hydrogen-bond donors (Lipinski definition) is 5. The molecule has 45 heavy (non-hydrogen) atoms. The fourth-order valence-corrected chi connectivity index (χ4v) is 6.29. The van der Waals surface area contributed by atoms with Gasteiger partial charge in [-0.25, -0.2) is 4.79 Å². The van der Waals surface area contributed by atoms with Crippen LogP contribution in [0, 0.1) is 11.8 Å². The molecule has 0 radical (unpaired) electrons. The van der Waals surface area contributed by atoms with Gasteiger partial charge in [-0.1, -0.05) is 94.1 Å². The number of primary amides is 1. The SMILES string of the molecule is CC[C@H](C)[C@H](NC(=O)[C@@]1(NC(=O)[C@@H](NC(=O)OCc2ccccc2)[C@@H](C)CC)CCc2[nH]c3c(Cl)cc(Cl)cc3c2C1)C(N)=O. The molecule has 0 spiro atoms. The smallest absolute Gasteiger partial charge is 0.408 e. The van der Waals surface area contributed by atoms with Crippen LogP contribution in [0.25, 0.3) is 10.9 Å². The van der Waals surface area contributed by atoms with E-state index < -0.39 is 41.4 Å². The second kappa shape index (κ2) is 14.6. The molecule has 0 bridgehead atoms. The molecule has 10 nitrogen and oxygen atoms in total. The van der Waals surface area contributed by atoms with Crippen LogP contribution in [0.4, 0.5) is 4.79 Å². The standard InChI is InChI=1S/C33H41Cl2N5O5/c1-5-18(3)26(29(36)41)38-31(43)33(13-12-25-23(16-33)22-14-21(34)15-24(35)28(22)37-25)40-30(42)27(19(4)6-2)39-32(44)45-17-20-10-8-7-9-11-20/h7-11,14-15,18-19,26-27,37H,5-6,12-13,16-17H2,1-4H3,(H2,36,41)(H,38,43)(H,39,44)(H,40,42)/t18-,19-,26-,27-,33+/m0/s1. The van der Waals surface area contributed by atoms with Crippen molar-refractivity contribution >= 4 is 57.9 Å². The van der Waals surface area contributed by atoms with E-state index in [9.17, 15) is 19.2 Å². The molecule has 0 fully saturated rings. The highest BCUT2D eigenvalue weighted by atomic mass is 35.5. The fraction of sp³-hybridized carbons (Fsp3) is 0.455. The zero-order valence-corrected chi connectivity index (χ0v) is 27.5. The van der Waals surface area contributed by atoms with E-state index in [1.165, 1.54) is 0 Å². The van der Waals surface area contributed by atoms with E-state index in [-0.39, 0.29) is 31.3 Å². The van der Waals surface area contributed by atoms with Crippen LogP contribution in [0.2, 0.25) is 10.0 Å². The molecule has 4 rings (SSSR count). The number of aryl methyl sites for hydroxylation is 1. The number of ether oxygens (including phenoxy) is 1. The third-order valence-electron chi connectivity index (χ3n) is 8.89. The number of hydrogen-bond acceptors (Lipinski definition) is 5. The van der Waals surface area contributed by atoms with Gasteiger partial charge < -0.3 is 31.4 Å². The quantitative estimate of drug-likeness (QED) is 0.182. The van der Waals surface area contributed by atoms with Crippen LogP contribution >= 0.6 is 23.2 Å². The molecule has 12 heteroatoms. The van der Waals surface area contributed by atoms with Gasteiger partial charge in [-0.05, 0) is 47.9 Å². The highest BCUT2D eigenvalue weighted by molar-refractivity contribution is 6.38. The van der Waals surface area contributed by atoms with Gasteiger partial charge in [0.15, 0.2) is 0 Å². The Morgan fingerprint density at radius 2 is 1.67 bits per heavy atom. The Bertz CT molecular complexity index is 1560. The first-order valence-electron chi connectivity index (χ1n) is 15.3.